The lowest BCUT2D eigenvalue weighted by molar-refractivity contribution is 0.0600. The van der Waals surface area contributed by atoms with Crippen molar-refractivity contribution >= 4 is 11.9 Å². The average molecular weight is 327 g/mol. The fourth-order valence-corrected chi connectivity index (χ4v) is 2.30. The summed E-state index contributed by atoms with van der Waals surface area (Å²) in [6.45, 7) is 0.600. The Kier molecular flexibility index (Phi) is 4.69. The lowest BCUT2D eigenvalue weighted by atomic mass is 10.1. The number of carbonyl (C=O) groups excluding carboxylic acids is 2. The Bertz CT molecular complexity index is 731. The van der Waals surface area contributed by atoms with Crippen molar-refractivity contribution in [2.24, 2.45) is 16.3 Å². The number of benzene rings is 1. The van der Waals surface area contributed by atoms with Crippen molar-refractivity contribution in [1.29, 1.82) is 0 Å². The maximum absolute atomic E-state index is 12.0. The molecule has 1 N–H and O–H groups in total. The third-order valence-electron chi connectivity index (χ3n) is 3.77. The Morgan fingerprint density at radius 1 is 1.21 bits per heavy atom. The second kappa shape index (κ2) is 7.08. The largest absolute Gasteiger partial charge is 0.495 e. The first kappa shape index (κ1) is 15.9. The van der Waals surface area contributed by atoms with Gasteiger partial charge in [-0.1, -0.05) is 5.22 Å². The molecule has 7 nitrogen and oxygen atoms in total. The van der Waals surface area contributed by atoms with Gasteiger partial charge >= 0.3 is 5.97 Å². The topological polar surface area (TPSA) is 89.4 Å². The maximum Gasteiger partial charge on any atom is 0.337 e. The standard InChI is InChI=1S/C17H17N3O4/c1-23-17(22)13-6-4-12(5-7-13)16(21)19-20-18-15-8-14(9-24-10-15)11-2-3-11/h4-8,10-11H,2-3,9H2,1H3,(H,18,19,21). The van der Waals surface area contributed by atoms with Crippen molar-refractivity contribution in [2.75, 3.05) is 13.7 Å². The third kappa shape index (κ3) is 3.87. The first-order valence-corrected chi connectivity index (χ1v) is 7.59. The van der Waals surface area contributed by atoms with Crippen molar-refractivity contribution in [2.45, 2.75) is 12.8 Å². The van der Waals surface area contributed by atoms with E-state index in [1.54, 1.807) is 0 Å². The van der Waals surface area contributed by atoms with Crippen LogP contribution < -0.4 is 5.43 Å². The van der Waals surface area contributed by atoms with Crippen LogP contribution in [0.4, 0.5) is 0 Å². The molecule has 1 amide bonds. The van der Waals surface area contributed by atoms with E-state index in [-0.39, 0.29) is 0 Å². The number of hydrogen-bond donors (Lipinski definition) is 1. The molecule has 3 rings (SSSR count). The van der Waals surface area contributed by atoms with Crippen molar-refractivity contribution in [3.8, 4) is 0 Å². The second-order valence-corrected chi connectivity index (χ2v) is 5.56. The zero-order chi connectivity index (χ0) is 16.9. The number of esters is 1. The van der Waals surface area contributed by atoms with Gasteiger partial charge in [-0.2, -0.15) is 0 Å². The van der Waals surface area contributed by atoms with Crippen molar-refractivity contribution in [3.63, 3.8) is 0 Å². The summed E-state index contributed by atoms with van der Waals surface area (Å²) in [6.07, 6.45) is 5.85. The molecule has 7 heteroatoms. The highest BCUT2D eigenvalue weighted by Gasteiger charge is 2.27. The van der Waals surface area contributed by atoms with Crippen LogP contribution in [0.5, 0.6) is 0 Å². The Balaban J connectivity index is 1.57. The molecular formula is C17H17N3O4. The number of methoxy groups -OCH3 is 1. The number of ether oxygens (including phenoxy) is 2. The molecule has 1 heterocycles. The number of rotatable bonds is 5. The molecule has 0 unspecified atom stereocenters. The highest BCUT2D eigenvalue weighted by Crippen LogP contribution is 2.38. The molecule has 1 saturated carbocycles. The summed E-state index contributed by atoms with van der Waals surface area (Å²) in [6, 6.07) is 6.07. The van der Waals surface area contributed by atoms with Gasteiger partial charge in [-0.3, -0.25) is 4.79 Å². The van der Waals surface area contributed by atoms with Crippen LogP contribution in [0.3, 0.4) is 0 Å². The predicted octanol–water partition coefficient (Wildman–Crippen LogP) is 2.78. The molecule has 24 heavy (non-hydrogen) atoms. The maximum atomic E-state index is 12.0. The number of nitrogens with one attached hydrogen (secondary N) is 1. The molecule has 2 aliphatic rings. The van der Waals surface area contributed by atoms with Crippen LogP contribution in [0.2, 0.25) is 0 Å². The molecule has 1 aromatic carbocycles. The average Bonchev–Trinajstić information content (AvgIpc) is 3.46. The fourth-order valence-electron chi connectivity index (χ4n) is 2.30. The van der Waals surface area contributed by atoms with Gasteiger partial charge in [0.2, 0.25) is 0 Å². The Morgan fingerprint density at radius 2 is 1.92 bits per heavy atom. The lowest BCUT2D eigenvalue weighted by Crippen LogP contribution is -2.17. The first-order chi connectivity index (χ1) is 11.7. The molecule has 124 valence electrons. The van der Waals surface area contributed by atoms with E-state index >= 15 is 0 Å². The number of allylic oxidation sites excluding steroid dienone is 1. The Labute approximate surface area is 139 Å². The van der Waals surface area contributed by atoms with Crippen LogP contribution in [-0.2, 0) is 9.47 Å². The summed E-state index contributed by atoms with van der Waals surface area (Å²) in [4.78, 5) is 23.3. The van der Waals surface area contributed by atoms with Gasteiger partial charge < -0.3 is 9.47 Å². The van der Waals surface area contributed by atoms with Crippen LogP contribution in [0, 0.1) is 5.92 Å². The molecule has 0 saturated heterocycles. The fraction of sp³-hybridized carbons (Fsp3) is 0.294. The van der Waals surface area contributed by atoms with E-state index in [4.69, 9.17) is 4.74 Å². The molecular weight excluding hydrogens is 310 g/mol. The summed E-state index contributed by atoms with van der Waals surface area (Å²) in [5.41, 5.74) is 4.88. The number of hydrogen-bond acceptors (Lipinski definition) is 6. The number of carbonyl (C=O) groups is 2. The normalized spacial score (nSPS) is 16.9. The monoisotopic (exact) mass is 327 g/mol. The molecule has 0 aromatic heterocycles. The molecule has 0 bridgehead atoms. The molecule has 0 spiro atoms. The van der Waals surface area contributed by atoms with E-state index in [9.17, 15) is 9.59 Å². The van der Waals surface area contributed by atoms with Crippen LogP contribution in [-0.4, -0.2) is 25.6 Å². The Hall–Kier alpha value is -2.96. The predicted molar refractivity (Wildman–Crippen MR) is 84.9 cm³/mol. The van der Waals surface area contributed by atoms with E-state index in [2.05, 4.69) is 20.5 Å². The summed E-state index contributed by atoms with van der Waals surface area (Å²) < 4.78 is 9.95. The SMILES string of the molecule is COC(=O)c1ccc(C(=O)NN=NC2=COCC(C3CC3)=C2)cc1. The van der Waals surface area contributed by atoms with Gasteiger partial charge in [-0.15, -0.1) is 5.11 Å². The van der Waals surface area contributed by atoms with E-state index < -0.39 is 11.9 Å². The smallest absolute Gasteiger partial charge is 0.337 e. The van der Waals surface area contributed by atoms with Gasteiger partial charge in [0, 0.05) is 5.56 Å². The summed E-state index contributed by atoms with van der Waals surface area (Å²) in [5, 5.41) is 7.65. The molecule has 1 aliphatic carbocycles. The van der Waals surface area contributed by atoms with Gasteiger partial charge in [0.05, 0.1) is 12.7 Å². The van der Waals surface area contributed by atoms with Gasteiger partial charge in [0.15, 0.2) is 0 Å². The van der Waals surface area contributed by atoms with Crippen molar-refractivity contribution in [3.05, 3.63) is 59.0 Å². The summed E-state index contributed by atoms with van der Waals surface area (Å²) in [5.74, 6) is -0.269. The van der Waals surface area contributed by atoms with Crippen LogP contribution in [0.1, 0.15) is 33.6 Å². The van der Waals surface area contributed by atoms with Gasteiger partial charge in [0.1, 0.15) is 18.6 Å². The minimum atomic E-state index is -0.455. The minimum absolute atomic E-state index is 0.365. The van der Waals surface area contributed by atoms with Crippen molar-refractivity contribution < 1.29 is 19.1 Å². The second-order valence-electron chi connectivity index (χ2n) is 5.56. The van der Waals surface area contributed by atoms with Gasteiger partial charge in [-0.05, 0) is 54.7 Å². The van der Waals surface area contributed by atoms with Crippen molar-refractivity contribution in [1.82, 2.24) is 5.43 Å². The molecule has 0 atom stereocenters. The van der Waals surface area contributed by atoms with E-state index in [1.165, 1.54) is 56.1 Å². The highest BCUT2D eigenvalue weighted by atomic mass is 16.5. The van der Waals surface area contributed by atoms with E-state index in [1.807, 2.05) is 6.08 Å². The summed E-state index contributed by atoms with van der Waals surface area (Å²) >= 11 is 0. The third-order valence-corrected chi connectivity index (χ3v) is 3.77. The molecule has 0 radical (unpaired) electrons. The van der Waals surface area contributed by atoms with Gasteiger partial charge in [-0.25, -0.2) is 10.2 Å². The van der Waals surface area contributed by atoms with E-state index in [0.717, 1.165) is 0 Å². The number of nitrogens with zero attached hydrogens (tertiary/aromatic N) is 2. The van der Waals surface area contributed by atoms with Gasteiger partial charge in [0.25, 0.3) is 5.91 Å². The zero-order valence-corrected chi connectivity index (χ0v) is 13.2. The first-order valence-electron chi connectivity index (χ1n) is 7.59. The lowest BCUT2D eigenvalue weighted by Gasteiger charge is -2.11. The van der Waals surface area contributed by atoms with E-state index in [0.29, 0.717) is 29.3 Å². The van der Waals surface area contributed by atoms with Crippen LogP contribution >= 0.6 is 0 Å². The zero-order valence-electron chi connectivity index (χ0n) is 13.2. The minimum Gasteiger partial charge on any atom is -0.495 e. The Morgan fingerprint density at radius 3 is 2.58 bits per heavy atom. The quantitative estimate of drug-likeness (QED) is 0.511. The molecule has 1 fully saturated rings. The van der Waals surface area contributed by atoms with Crippen LogP contribution in [0.15, 0.2) is 58.2 Å². The van der Waals surface area contributed by atoms with Crippen LogP contribution in [0.25, 0.3) is 0 Å². The number of amides is 1. The molecule has 1 aliphatic heterocycles. The highest BCUT2D eigenvalue weighted by molar-refractivity contribution is 5.95. The summed E-state index contributed by atoms with van der Waals surface area (Å²) in [7, 11) is 1.30. The molecule has 1 aromatic rings.